The molecule has 1 fully saturated rings. The van der Waals surface area contributed by atoms with Gasteiger partial charge in [-0.1, -0.05) is 68.4 Å². The molecule has 0 radical (unpaired) electrons. The molecule has 0 spiro atoms. The van der Waals surface area contributed by atoms with Crippen molar-refractivity contribution >= 4 is 10.8 Å². The maximum atomic E-state index is 2.45. The van der Waals surface area contributed by atoms with Crippen LogP contribution in [0.25, 0.3) is 33.2 Å². The molecule has 0 amide bonds. The molecular formula is C31H34N+. The first-order valence-electron chi connectivity index (χ1n) is 12.0. The number of fused-ring (bicyclic) bond motifs is 1. The highest BCUT2D eigenvalue weighted by Crippen LogP contribution is 2.43. The Bertz CT molecular complexity index is 1260. The molecule has 162 valence electrons. The van der Waals surface area contributed by atoms with Crippen molar-refractivity contribution in [1.29, 1.82) is 0 Å². The van der Waals surface area contributed by atoms with Gasteiger partial charge in [-0.25, -0.2) is 4.57 Å². The van der Waals surface area contributed by atoms with E-state index in [-0.39, 0.29) is 0 Å². The molecule has 0 bridgehead atoms. The second-order valence-electron chi connectivity index (χ2n) is 10.5. The highest BCUT2D eigenvalue weighted by atomic mass is 14.9. The van der Waals surface area contributed by atoms with Crippen LogP contribution in [0.3, 0.4) is 0 Å². The van der Waals surface area contributed by atoms with Gasteiger partial charge in [0.05, 0.1) is 5.39 Å². The molecule has 1 heterocycles. The van der Waals surface area contributed by atoms with E-state index < -0.39 is 0 Å². The lowest BCUT2D eigenvalue weighted by molar-refractivity contribution is -0.659. The maximum absolute atomic E-state index is 2.45. The molecule has 4 aromatic rings. The first-order chi connectivity index (χ1) is 15.4. The Kier molecular flexibility index (Phi) is 5.37. The highest BCUT2D eigenvalue weighted by Gasteiger charge is 2.28. The highest BCUT2D eigenvalue weighted by molar-refractivity contribution is 5.94. The Morgan fingerprint density at radius 3 is 2.28 bits per heavy atom. The predicted molar refractivity (Wildman–Crippen MR) is 136 cm³/mol. The van der Waals surface area contributed by atoms with Crippen LogP contribution in [0.1, 0.15) is 56.6 Å². The van der Waals surface area contributed by atoms with Crippen LogP contribution in [-0.2, 0) is 7.05 Å². The summed E-state index contributed by atoms with van der Waals surface area (Å²) in [4.78, 5) is 0. The van der Waals surface area contributed by atoms with Gasteiger partial charge >= 0.3 is 0 Å². The molecule has 0 aliphatic heterocycles. The minimum Gasteiger partial charge on any atom is -0.200 e. The standard InChI is InChI=1S/C31H34N/c1-22-20-25(23-8-6-5-7-9-23)10-12-28(22)30-29-13-11-26(21-27(29)16-19-32(30)4)24-14-17-31(2,3)18-15-24/h5-13,16,19-21,24H,14-15,17-18H2,1-4H3/q+1. The number of aromatic nitrogens is 1. The third-order valence-corrected chi connectivity index (χ3v) is 7.56. The van der Waals surface area contributed by atoms with Crippen molar-refractivity contribution in [3.8, 4) is 22.4 Å². The summed E-state index contributed by atoms with van der Waals surface area (Å²) in [7, 11) is 2.16. The number of pyridine rings is 1. The van der Waals surface area contributed by atoms with Gasteiger partial charge in [0.1, 0.15) is 7.05 Å². The summed E-state index contributed by atoms with van der Waals surface area (Å²) in [6.45, 7) is 7.07. The van der Waals surface area contributed by atoms with E-state index in [4.69, 9.17) is 0 Å². The average Bonchev–Trinajstić information content (AvgIpc) is 2.80. The van der Waals surface area contributed by atoms with Crippen molar-refractivity contribution in [1.82, 2.24) is 0 Å². The monoisotopic (exact) mass is 420 g/mol. The number of benzene rings is 3. The Labute approximate surface area is 192 Å². The van der Waals surface area contributed by atoms with E-state index in [1.165, 1.54) is 70.0 Å². The summed E-state index contributed by atoms with van der Waals surface area (Å²) < 4.78 is 2.27. The number of nitrogens with zero attached hydrogens (tertiary/aromatic N) is 1. The third kappa shape index (κ3) is 3.97. The van der Waals surface area contributed by atoms with Gasteiger partial charge in [0.25, 0.3) is 0 Å². The zero-order valence-corrected chi connectivity index (χ0v) is 19.9. The number of hydrogen-bond acceptors (Lipinski definition) is 0. The van der Waals surface area contributed by atoms with Crippen molar-refractivity contribution < 1.29 is 4.57 Å². The Balaban J connectivity index is 1.54. The molecule has 1 aliphatic rings. The average molecular weight is 421 g/mol. The van der Waals surface area contributed by atoms with Crippen LogP contribution >= 0.6 is 0 Å². The molecule has 0 unspecified atom stereocenters. The van der Waals surface area contributed by atoms with E-state index in [0.717, 1.165) is 0 Å². The van der Waals surface area contributed by atoms with E-state index in [0.29, 0.717) is 11.3 Å². The zero-order chi connectivity index (χ0) is 22.3. The Morgan fingerprint density at radius 2 is 1.56 bits per heavy atom. The molecule has 1 nitrogen and oxygen atoms in total. The van der Waals surface area contributed by atoms with Crippen LogP contribution in [0.5, 0.6) is 0 Å². The number of aryl methyl sites for hydroxylation is 2. The lowest BCUT2D eigenvalue weighted by Crippen LogP contribution is -2.30. The van der Waals surface area contributed by atoms with E-state index in [1.54, 1.807) is 0 Å². The molecule has 3 aromatic carbocycles. The first-order valence-corrected chi connectivity index (χ1v) is 12.0. The van der Waals surface area contributed by atoms with Gasteiger partial charge in [-0.15, -0.1) is 0 Å². The van der Waals surface area contributed by atoms with E-state index in [9.17, 15) is 0 Å². The summed E-state index contributed by atoms with van der Waals surface area (Å²) in [6, 6.07) is 27.0. The normalized spacial score (nSPS) is 16.4. The van der Waals surface area contributed by atoms with Crippen LogP contribution in [0, 0.1) is 12.3 Å². The molecule has 1 saturated carbocycles. The summed E-state index contributed by atoms with van der Waals surface area (Å²) in [5.74, 6) is 0.705. The van der Waals surface area contributed by atoms with Crippen LogP contribution in [0.15, 0.2) is 79.0 Å². The lowest BCUT2D eigenvalue weighted by Gasteiger charge is -2.34. The molecule has 1 aliphatic carbocycles. The molecule has 1 aromatic heterocycles. The Hall–Kier alpha value is -2.93. The fourth-order valence-corrected chi connectivity index (χ4v) is 5.45. The van der Waals surface area contributed by atoms with Crippen molar-refractivity contribution in [3.63, 3.8) is 0 Å². The van der Waals surface area contributed by atoms with Gasteiger partial charge in [0.15, 0.2) is 6.20 Å². The van der Waals surface area contributed by atoms with Gasteiger partial charge in [0, 0.05) is 11.6 Å². The zero-order valence-electron chi connectivity index (χ0n) is 19.9. The summed E-state index contributed by atoms with van der Waals surface area (Å²) in [5, 5.41) is 2.69. The summed E-state index contributed by atoms with van der Waals surface area (Å²) >= 11 is 0. The number of hydrogen-bond donors (Lipinski definition) is 0. The van der Waals surface area contributed by atoms with Crippen LogP contribution in [0.2, 0.25) is 0 Å². The molecule has 0 atom stereocenters. The van der Waals surface area contributed by atoms with E-state index >= 15 is 0 Å². The molecule has 0 N–H and O–H groups in total. The van der Waals surface area contributed by atoms with Gasteiger partial charge in [-0.2, -0.15) is 0 Å². The van der Waals surface area contributed by atoms with E-state index in [2.05, 4.69) is 111 Å². The summed E-state index contributed by atoms with van der Waals surface area (Å²) in [6.07, 6.45) is 7.50. The van der Waals surface area contributed by atoms with Gasteiger partial charge in [-0.3, -0.25) is 0 Å². The smallest absolute Gasteiger partial charge is 0.200 e. The molecule has 0 saturated heterocycles. The van der Waals surface area contributed by atoms with E-state index in [1.807, 2.05) is 0 Å². The SMILES string of the molecule is Cc1cc(-c2ccccc2)ccc1-c1c2ccc(C3CCC(C)(C)CC3)cc2cc[n+]1C. The van der Waals surface area contributed by atoms with Crippen LogP contribution in [0.4, 0.5) is 0 Å². The summed E-state index contributed by atoms with van der Waals surface area (Å²) in [5.41, 5.74) is 8.50. The van der Waals surface area contributed by atoms with Crippen LogP contribution < -0.4 is 4.57 Å². The van der Waals surface area contributed by atoms with Crippen LogP contribution in [-0.4, -0.2) is 0 Å². The quantitative estimate of drug-likeness (QED) is 0.296. The molecule has 32 heavy (non-hydrogen) atoms. The number of rotatable bonds is 3. The largest absolute Gasteiger partial charge is 0.220 e. The van der Waals surface area contributed by atoms with Crippen molar-refractivity contribution in [2.24, 2.45) is 12.5 Å². The fraction of sp³-hybridized carbons (Fsp3) is 0.323. The van der Waals surface area contributed by atoms with Crippen molar-refractivity contribution in [2.75, 3.05) is 0 Å². The van der Waals surface area contributed by atoms with Gasteiger partial charge < -0.3 is 0 Å². The van der Waals surface area contributed by atoms with Crippen molar-refractivity contribution in [2.45, 2.75) is 52.4 Å². The fourth-order valence-electron chi connectivity index (χ4n) is 5.45. The molecule has 5 rings (SSSR count). The topological polar surface area (TPSA) is 3.88 Å². The predicted octanol–water partition coefficient (Wildman–Crippen LogP) is 7.99. The maximum Gasteiger partial charge on any atom is 0.220 e. The van der Waals surface area contributed by atoms with Gasteiger partial charge in [0.2, 0.25) is 5.69 Å². The second-order valence-corrected chi connectivity index (χ2v) is 10.5. The minimum absolute atomic E-state index is 0.512. The lowest BCUT2D eigenvalue weighted by atomic mass is 9.71. The Morgan fingerprint density at radius 1 is 0.812 bits per heavy atom. The molecular weight excluding hydrogens is 386 g/mol. The second kappa shape index (κ2) is 8.20. The first kappa shape index (κ1) is 20.9. The van der Waals surface area contributed by atoms with Gasteiger partial charge in [-0.05, 0) is 83.7 Å². The third-order valence-electron chi connectivity index (χ3n) is 7.56. The molecule has 1 heteroatoms. The van der Waals surface area contributed by atoms with Crippen molar-refractivity contribution in [3.05, 3.63) is 90.1 Å². The minimum atomic E-state index is 0.512.